The maximum absolute atomic E-state index is 10.8. The highest BCUT2D eigenvalue weighted by Crippen LogP contribution is 2.37. The van der Waals surface area contributed by atoms with Crippen LogP contribution in [0.15, 0.2) is 24.4 Å². The van der Waals surface area contributed by atoms with Crippen molar-refractivity contribution in [2.24, 2.45) is 5.92 Å². The minimum atomic E-state index is -0.663. The topological polar surface area (TPSA) is 50.2 Å². The first-order valence-electron chi connectivity index (χ1n) is 4.91. The van der Waals surface area contributed by atoms with E-state index in [1.165, 1.54) is 0 Å². The Kier molecular flexibility index (Phi) is 2.48. The van der Waals surface area contributed by atoms with Gasteiger partial charge in [0.05, 0.1) is 5.92 Å². The predicted octanol–water partition coefficient (Wildman–Crippen LogP) is 2.05. The molecule has 3 heteroatoms. The van der Waals surface area contributed by atoms with Crippen LogP contribution in [0.25, 0.3) is 0 Å². The highest BCUT2D eigenvalue weighted by molar-refractivity contribution is 5.70. The van der Waals surface area contributed by atoms with E-state index in [0.29, 0.717) is 5.92 Å². The molecule has 1 fully saturated rings. The molecular weight excluding hydrogens is 178 g/mol. The van der Waals surface area contributed by atoms with Gasteiger partial charge in [0.2, 0.25) is 0 Å². The molecule has 0 saturated heterocycles. The third-order valence-corrected chi connectivity index (χ3v) is 2.89. The summed E-state index contributed by atoms with van der Waals surface area (Å²) in [6.45, 7) is 0. The largest absolute Gasteiger partial charge is 0.481 e. The van der Waals surface area contributed by atoms with E-state index in [-0.39, 0.29) is 5.92 Å². The fourth-order valence-corrected chi connectivity index (χ4v) is 2.09. The van der Waals surface area contributed by atoms with Crippen molar-refractivity contribution in [3.8, 4) is 0 Å². The van der Waals surface area contributed by atoms with E-state index >= 15 is 0 Å². The van der Waals surface area contributed by atoms with Crippen molar-refractivity contribution >= 4 is 5.97 Å². The van der Waals surface area contributed by atoms with Crippen LogP contribution in [-0.4, -0.2) is 16.1 Å². The molecule has 2 rings (SSSR count). The van der Waals surface area contributed by atoms with Crippen LogP contribution in [0, 0.1) is 5.92 Å². The van der Waals surface area contributed by atoms with Gasteiger partial charge in [-0.1, -0.05) is 6.07 Å². The smallest absolute Gasteiger partial charge is 0.306 e. The number of rotatable bonds is 2. The molecule has 2 atom stereocenters. The van der Waals surface area contributed by atoms with Crippen molar-refractivity contribution in [3.05, 3.63) is 30.1 Å². The van der Waals surface area contributed by atoms with Crippen molar-refractivity contribution in [1.29, 1.82) is 0 Å². The molecule has 1 heterocycles. The number of nitrogens with zero attached hydrogens (tertiary/aromatic N) is 1. The van der Waals surface area contributed by atoms with Gasteiger partial charge in [0.15, 0.2) is 0 Å². The maximum atomic E-state index is 10.8. The maximum Gasteiger partial charge on any atom is 0.306 e. The Morgan fingerprint density at radius 2 is 2.29 bits per heavy atom. The van der Waals surface area contributed by atoms with E-state index in [1.807, 2.05) is 18.2 Å². The number of aliphatic carboxylic acids is 1. The Hall–Kier alpha value is -1.38. The number of carboxylic acids is 1. The van der Waals surface area contributed by atoms with E-state index in [1.54, 1.807) is 6.20 Å². The number of pyridine rings is 1. The molecule has 1 aliphatic carbocycles. The molecule has 1 aromatic heterocycles. The molecule has 0 amide bonds. The molecule has 0 radical (unpaired) electrons. The van der Waals surface area contributed by atoms with Gasteiger partial charge in [-0.2, -0.15) is 0 Å². The van der Waals surface area contributed by atoms with E-state index in [0.717, 1.165) is 25.0 Å². The SMILES string of the molecule is O=C(O)C1CCC(c2ccccn2)C1. The second-order valence-corrected chi connectivity index (χ2v) is 3.80. The average Bonchev–Trinajstić information content (AvgIpc) is 2.68. The number of aromatic nitrogens is 1. The summed E-state index contributed by atoms with van der Waals surface area (Å²) in [4.78, 5) is 15.0. The first-order chi connectivity index (χ1) is 6.77. The Morgan fingerprint density at radius 3 is 2.86 bits per heavy atom. The van der Waals surface area contributed by atoms with E-state index in [2.05, 4.69) is 4.98 Å². The summed E-state index contributed by atoms with van der Waals surface area (Å²) in [5.41, 5.74) is 1.04. The van der Waals surface area contributed by atoms with Crippen LogP contribution < -0.4 is 0 Å². The zero-order valence-electron chi connectivity index (χ0n) is 7.89. The van der Waals surface area contributed by atoms with E-state index in [4.69, 9.17) is 5.11 Å². The highest BCUT2D eigenvalue weighted by atomic mass is 16.4. The summed E-state index contributed by atoms with van der Waals surface area (Å²) in [5.74, 6) is -0.484. The lowest BCUT2D eigenvalue weighted by Crippen LogP contribution is -2.09. The minimum Gasteiger partial charge on any atom is -0.481 e. The van der Waals surface area contributed by atoms with Crippen LogP contribution in [0.2, 0.25) is 0 Å². The monoisotopic (exact) mass is 191 g/mol. The molecule has 0 aliphatic heterocycles. The van der Waals surface area contributed by atoms with Crippen LogP contribution in [0.1, 0.15) is 30.9 Å². The summed E-state index contributed by atoms with van der Waals surface area (Å²) in [6, 6.07) is 5.82. The second kappa shape index (κ2) is 3.78. The highest BCUT2D eigenvalue weighted by Gasteiger charge is 2.30. The Balaban J connectivity index is 2.06. The summed E-state index contributed by atoms with van der Waals surface area (Å²) < 4.78 is 0. The third kappa shape index (κ3) is 1.76. The zero-order chi connectivity index (χ0) is 9.97. The number of hydrogen-bond donors (Lipinski definition) is 1. The van der Waals surface area contributed by atoms with Gasteiger partial charge in [0, 0.05) is 17.8 Å². The Morgan fingerprint density at radius 1 is 1.43 bits per heavy atom. The van der Waals surface area contributed by atoms with Crippen LogP contribution >= 0.6 is 0 Å². The number of carboxylic acid groups (broad SMARTS) is 1. The Bertz CT molecular complexity index is 323. The van der Waals surface area contributed by atoms with Crippen molar-refractivity contribution in [2.45, 2.75) is 25.2 Å². The van der Waals surface area contributed by atoms with Crippen LogP contribution in [-0.2, 0) is 4.79 Å². The molecule has 0 bridgehead atoms. The van der Waals surface area contributed by atoms with Gasteiger partial charge in [-0.05, 0) is 31.4 Å². The first-order valence-corrected chi connectivity index (χ1v) is 4.91. The van der Waals surface area contributed by atoms with Gasteiger partial charge >= 0.3 is 5.97 Å². The van der Waals surface area contributed by atoms with E-state index < -0.39 is 5.97 Å². The second-order valence-electron chi connectivity index (χ2n) is 3.80. The van der Waals surface area contributed by atoms with Crippen molar-refractivity contribution in [3.63, 3.8) is 0 Å². The van der Waals surface area contributed by atoms with Crippen LogP contribution in [0.3, 0.4) is 0 Å². The molecular formula is C11H13NO2. The van der Waals surface area contributed by atoms with Crippen molar-refractivity contribution in [1.82, 2.24) is 4.98 Å². The molecule has 1 aromatic rings. The number of hydrogen-bond acceptors (Lipinski definition) is 2. The summed E-state index contributed by atoms with van der Waals surface area (Å²) in [7, 11) is 0. The van der Waals surface area contributed by atoms with Crippen molar-refractivity contribution < 1.29 is 9.90 Å². The fourth-order valence-electron chi connectivity index (χ4n) is 2.09. The normalized spacial score (nSPS) is 26.3. The molecule has 1 aliphatic rings. The van der Waals surface area contributed by atoms with Crippen LogP contribution in [0.5, 0.6) is 0 Å². The molecule has 0 spiro atoms. The first kappa shape index (κ1) is 9.19. The van der Waals surface area contributed by atoms with Gasteiger partial charge in [-0.25, -0.2) is 0 Å². The molecule has 0 aromatic carbocycles. The fraction of sp³-hybridized carbons (Fsp3) is 0.455. The van der Waals surface area contributed by atoms with Gasteiger partial charge in [-0.3, -0.25) is 9.78 Å². The summed E-state index contributed by atoms with van der Waals surface area (Å²) in [6.07, 6.45) is 4.25. The third-order valence-electron chi connectivity index (χ3n) is 2.89. The zero-order valence-corrected chi connectivity index (χ0v) is 7.89. The molecule has 14 heavy (non-hydrogen) atoms. The van der Waals surface area contributed by atoms with Gasteiger partial charge < -0.3 is 5.11 Å². The molecule has 3 nitrogen and oxygen atoms in total. The molecule has 1 saturated carbocycles. The predicted molar refractivity (Wildman–Crippen MR) is 52.0 cm³/mol. The van der Waals surface area contributed by atoms with Gasteiger partial charge in [-0.15, -0.1) is 0 Å². The minimum absolute atomic E-state index is 0.165. The molecule has 1 N–H and O–H groups in total. The van der Waals surface area contributed by atoms with Gasteiger partial charge in [0.1, 0.15) is 0 Å². The summed E-state index contributed by atoms with van der Waals surface area (Å²) >= 11 is 0. The quantitative estimate of drug-likeness (QED) is 0.778. The molecule has 2 unspecified atom stereocenters. The lowest BCUT2D eigenvalue weighted by Gasteiger charge is -2.07. The molecule has 74 valence electrons. The van der Waals surface area contributed by atoms with Crippen LogP contribution in [0.4, 0.5) is 0 Å². The lowest BCUT2D eigenvalue weighted by molar-refractivity contribution is -0.141. The lowest BCUT2D eigenvalue weighted by atomic mass is 10.0. The average molecular weight is 191 g/mol. The Labute approximate surface area is 82.8 Å². The standard InChI is InChI=1S/C11H13NO2/c13-11(14)9-5-4-8(7-9)10-3-1-2-6-12-10/h1-3,6,8-9H,4-5,7H2,(H,13,14). The van der Waals surface area contributed by atoms with Crippen molar-refractivity contribution in [2.75, 3.05) is 0 Å². The summed E-state index contributed by atoms with van der Waals surface area (Å²) in [5, 5.41) is 8.86. The van der Waals surface area contributed by atoms with Gasteiger partial charge in [0.25, 0.3) is 0 Å². The van der Waals surface area contributed by atoms with E-state index in [9.17, 15) is 4.79 Å². The number of carbonyl (C=O) groups is 1.